The molecule has 4 nitrogen and oxygen atoms in total. The Kier molecular flexibility index (Phi) is 4.37. The molecule has 1 saturated carbocycles. The number of piperidine rings is 1. The van der Waals surface area contributed by atoms with Crippen LogP contribution in [0.1, 0.15) is 51.5 Å². The number of aryl methyl sites for hydroxylation is 1. The monoisotopic (exact) mass is 349 g/mol. The third-order valence-electron chi connectivity index (χ3n) is 5.97. The van der Waals surface area contributed by atoms with Gasteiger partial charge in [0.25, 0.3) is 0 Å². The smallest absolute Gasteiger partial charge is 0.243 e. The number of unbranched alkanes of at least 4 members (excludes halogenated alkanes) is 2. The van der Waals surface area contributed by atoms with Crippen molar-refractivity contribution >= 4 is 15.8 Å². The molecule has 0 N–H and O–H groups in total. The molecule has 2 atom stereocenters. The molecule has 1 heterocycles. The van der Waals surface area contributed by atoms with Gasteiger partial charge in [-0.05, 0) is 37.3 Å². The average molecular weight is 349 g/mol. The number of nitrogens with zero attached hydrogens (tertiary/aromatic N) is 1. The van der Waals surface area contributed by atoms with Crippen molar-refractivity contribution in [3.05, 3.63) is 29.8 Å². The molecule has 24 heavy (non-hydrogen) atoms. The Morgan fingerprint density at radius 2 is 1.83 bits per heavy atom. The van der Waals surface area contributed by atoms with Gasteiger partial charge in [0.15, 0.2) is 5.78 Å². The lowest BCUT2D eigenvalue weighted by Gasteiger charge is -2.34. The van der Waals surface area contributed by atoms with Crippen LogP contribution in [0.5, 0.6) is 0 Å². The van der Waals surface area contributed by atoms with Gasteiger partial charge in [-0.25, -0.2) is 8.42 Å². The molecule has 3 rings (SSSR count). The predicted molar refractivity (Wildman–Crippen MR) is 94.2 cm³/mol. The van der Waals surface area contributed by atoms with Crippen LogP contribution in [0.25, 0.3) is 0 Å². The van der Waals surface area contributed by atoms with Crippen molar-refractivity contribution < 1.29 is 13.2 Å². The number of rotatable bonds is 6. The van der Waals surface area contributed by atoms with Crippen LogP contribution in [0.4, 0.5) is 0 Å². The van der Waals surface area contributed by atoms with Crippen molar-refractivity contribution in [2.75, 3.05) is 13.1 Å². The first-order valence-electron chi connectivity index (χ1n) is 8.85. The van der Waals surface area contributed by atoms with Gasteiger partial charge in [-0.2, -0.15) is 4.31 Å². The summed E-state index contributed by atoms with van der Waals surface area (Å²) in [6, 6.07) is 6.86. The van der Waals surface area contributed by atoms with Gasteiger partial charge in [-0.15, -0.1) is 0 Å². The molecule has 2 fully saturated rings. The summed E-state index contributed by atoms with van der Waals surface area (Å²) in [6.07, 6.45) is 5.07. The highest BCUT2D eigenvalue weighted by Gasteiger charge is 2.70. The fraction of sp³-hybridized carbons (Fsp3) is 0.632. The molecule has 0 radical (unpaired) electrons. The van der Waals surface area contributed by atoms with Crippen molar-refractivity contribution in [1.29, 1.82) is 0 Å². The highest BCUT2D eigenvalue weighted by molar-refractivity contribution is 7.89. The topological polar surface area (TPSA) is 54.5 Å². The minimum atomic E-state index is -3.60. The summed E-state index contributed by atoms with van der Waals surface area (Å²) >= 11 is 0. The molecular weight excluding hydrogens is 322 g/mol. The molecule has 1 aliphatic heterocycles. The second kappa shape index (κ2) is 5.95. The summed E-state index contributed by atoms with van der Waals surface area (Å²) in [6.45, 7) is 6.64. The number of sulfonamides is 1. The minimum Gasteiger partial charge on any atom is -0.298 e. The Morgan fingerprint density at radius 1 is 1.17 bits per heavy atom. The molecule has 0 spiro atoms. The fourth-order valence-corrected chi connectivity index (χ4v) is 5.78. The molecule has 1 aliphatic carbocycles. The number of benzene rings is 1. The first-order chi connectivity index (χ1) is 11.2. The van der Waals surface area contributed by atoms with Crippen LogP contribution >= 0.6 is 0 Å². The second-order valence-electron chi connectivity index (χ2n) is 7.79. The number of hydrogen-bond donors (Lipinski definition) is 0. The maximum Gasteiger partial charge on any atom is 0.243 e. The van der Waals surface area contributed by atoms with Crippen LogP contribution in [0.2, 0.25) is 0 Å². The van der Waals surface area contributed by atoms with E-state index in [2.05, 4.69) is 13.8 Å². The maximum absolute atomic E-state index is 12.9. The van der Waals surface area contributed by atoms with E-state index >= 15 is 0 Å². The lowest BCUT2D eigenvalue weighted by Crippen LogP contribution is -2.48. The van der Waals surface area contributed by atoms with Gasteiger partial charge in [0.1, 0.15) is 0 Å². The van der Waals surface area contributed by atoms with Gasteiger partial charge in [-0.1, -0.05) is 50.8 Å². The summed E-state index contributed by atoms with van der Waals surface area (Å²) in [5, 5.41) is 0. The zero-order chi connectivity index (χ0) is 17.6. The van der Waals surface area contributed by atoms with Gasteiger partial charge in [0, 0.05) is 12.0 Å². The normalized spacial score (nSPS) is 30.2. The standard InChI is InChI=1S/C19H27NO3S/c1-4-5-6-11-19-13-18(19,3)14-20(12-17(19)21)24(22,23)16-9-7-15(2)8-10-16/h7-10H,4-6,11-14H2,1-3H3/t18-,19+/m0/s1. The Labute approximate surface area is 145 Å². The largest absolute Gasteiger partial charge is 0.298 e. The predicted octanol–water partition coefficient (Wildman–Crippen LogP) is 3.55. The third kappa shape index (κ3) is 2.72. The quantitative estimate of drug-likeness (QED) is 0.738. The van der Waals surface area contributed by atoms with E-state index in [0.717, 1.165) is 37.7 Å². The van der Waals surface area contributed by atoms with E-state index < -0.39 is 10.0 Å². The van der Waals surface area contributed by atoms with Gasteiger partial charge in [0.05, 0.1) is 11.4 Å². The Balaban J connectivity index is 1.79. The van der Waals surface area contributed by atoms with Crippen molar-refractivity contribution in [1.82, 2.24) is 4.31 Å². The van der Waals surface area contributed by atoms with Gasteiger partial charge in [-0.3, -0.25) is 4.79 Å². The van der Waals surface area contributed by atoms with E-state index in [0.29, 0.717) is 6.54 Å². The molecule has 1 aromatic carbocycles. The molecule has 1 saturated heterocycles. The number of fused-ring (bicyclic) bond motifs is 1. The van der Waals surface area contributed by atoms with Crippen molar-refractivity contribution in [2.45, 2.75) is 57.8 Å². The van der Waals surface area contributed by atoms with E-state index in [4.69, 9.17) is 0 Å². The van der Waals surface area contributed by atoms with Gasteiger partial charge < -0.3 is 0 Å². The zero-order valence-electron chi connectivity index (χ0n) is 14.8. The summed E-state index contributed by atoms with van der Waals surface area (Å²) in [4.78, 5) is 13.1. The first kappa shape index (κ1) is 17.6. The average Bonchev–Trinajstić information content (AvgIpc) is 3.15. The SMILES string of the molecule is CCCCC[C@]12C[C@@]1(C)CN(S(=O)(=O)c1ccc(C)cc1)CC2=O. The van der Waals surface area contributed by atoms with Crippen LogP contribution in [0.3, 0.4) is 0 Å². The van der Waals surface area contributed by atoms with Crippen LogP contribution in [0, 0.1) is 17.8 Å². The molecule has 2 aliphatic rings. The van der Waals surface area contributed by atoms with E-state index in [1.165, 1.54) is 4.31 Å². The molecule has 132 valence electrons. The van der Waals surface area contributed by atoms with Crippen LogP contribution < -0.4 is 0 Å². The molecule has 0 amide bonds. The molecule has 0 unspecified atom stereocenters. The number of carbonyl (C=O) groups excluding carboxylic acids is 1. The summed E-state index contributed by atoms with van der Waals surface area (Å²) < 4.78 is 27.2. The number of hydrogen-bond acceptors (Lipinski definition) is 3. The van der Waals surface area contributed by atoms with Crippen molar-refractivity contribution in [3.8, 4) is 0 Å². The zero-order valence-corrected chi connectivity index (χ0v) is 15.7. The molecule has 5 heteroatoms. The summed E-state index contributed by atoms with van der Waals surface area (Å²) in [5.41, 5.74) is 0.572. The highest BCUT2D eigenvalue weighted by Crippen LogP contribution is 2.69. The lowest BCUT2D eigenvalue weighted by molar-refractivity contribution is -0.128. The molecule has 1 aromatic rings. The van der Waals surface area contributed by atoms with Crippen molar-refractivity contribution in [3.63, 3.8) is 0 Å². The second-order valence-corrected chi connectivity index (χ2v) is 9.72. The Morgan fingerprint density at radius 3 is 2.42 bits per heavy atom. The summed E-state index contributed by atoms with van der Waals surface area (Å²) in [7, 11) is -3.60. The lowest BCUT2D eigenvalue weighted by atomic mass is 9.82. The number of Topliss-reactive ketones (excluding diaryl/α,β-unsaturated/α-hetero) is 1. The molecular formula is C19H27NO3S. The highest BCUT2D eigenvalue weighted by atomic mass is 32.2. The van der Waals surface area contributed by atoms with Crippen LogP contribution in [-0.2, 0) is 14.8 Å². The third-order valence-corrected chi connectivity index (χ3v) is 7.77. The van der Waals surface area contributed by atoms with Gasteiger partial charge in [0.2, 0.25) is 10.0 Å². The molecule has 0 bridgehead atoms. The summed E-state index contributed by atoms with van der Waals surface area (Å²) in [5.74, 6) is 0.114. The minimum absolute atomic E-state index is 0.0257. The number of carbonyl (C=O) groups is 1. The fourth-order valence-electron chi connectivity index (χ4n) is 4.26. The Hall–Kier alpha value is -1.20. The van der Waals surface area contributed by atoms with E-state index in [1.807, 2.05) is 6.92 Å². The van der Waals surface area contributed by atoms with E-state index in [-0.39, 0.29) is 28.1 Å². The van der Waals surface area contributed by atoms with Crippen molar-refractivity contribution in [2.24, 2.45) is 10.8 Å². The van der Waals surface area contributed by atoms with Crippen LogP contribution in [0.15, 0.2) is 29.2 Å². The molecule has 0 aromatic heterocycles. The van der Waals surface area contributed by atoms with E-state index in [1.54, 1.807) is 24.3 Å². The van der Waals surface area contributed by atoms with Gasteiger partial charge >= 0.3 is 0 Å². The van der Waals surface area contributed by atoms with Crippen LogP contribution in [-0.4, -0.2) is 31.6 Å². The maximum atomic E-state index is 12.9. The Bertz CT molecular complexity index is 740. The number of ketones is 1. The first-order valence-corrected chi connectivity index (χ1v) is 10.3. The van der Waals surface area contributed by atoms with E-state index in [9.17, 15) is 13.2 Å².